The third-order valence-corrected chi connectivity index (χ3v) is 9.89. The fraction of sp³-hybridized carbons (Fsp3) is 0.900. The Bertz CT molecular complexity index is 840. The number of carbonyl (C=O) groups excluding carboxylic acids is 2. The third kappa shape index (κ3) is 36.5. The van der Waals surface area contributed by atoms with E-state index in [9.17, 15) is 19.0 Å². The summed E-state index contributed by atoms with van der Waals surface area (Å²) in [6.07, 6.45) is 36.6. The highest BCUT2D eigenvalue weighted by Crippen LogP contribution is 2.43. The van der Waals surface area contributed by atoms with Crippen molar-refractivity contribution >= 4 is 19.8 Å². The van der Waals surface area contributed by atoms with E-state index in [1.807, 2.05) is 0 Å². The lowest BCUT2D eigenvalue weighted by Crippen LogP contribution is -2.29. The molecule has 1 unspecified atom stereocenters. The van der Waals surface area contributed by atoms with Gasteiger partial charge < -0.3 is 20.1 Å². The number of allylic oxidation sites excluding steroid dienone is 2. The van der Waals surface area contributed by atoms with Gasteiger partial charge in [-0.25, -0.2) is 4.57 Å². The number of nitrogens with two attached hydrogens (primary N) is 1. The zero-order chi connectivity index (χ0) is 36.8. The Labute approximate surface area is 307 Å². The summed E-state index contributed by atoms with van der Waals surface area (Å²) in [6, 6.07) is 0. The van der Waals surface area contributed by atoms with Crippen molar-refractivity contribution < 1.29 is 37.6 Å². The average molecular weight is 732 g/mol. The summed E-state index contributed by atoms with van der Waals surface area (Å²) in [5.41, 5.74) is 5.34. The number of hydrogen-bond donors (Lipinski definition) is 2. The number of hydrogen-bond acceptors (Lipinski definition) is 8. The standard InChI is InChI=1S/C40H78NO8P/c1-3-5-7-9-11-13-15-17-19-21-23-25-27-29-31-33-40(43)49-38(37-48-50(44,45)47-35-34-41)36-46-39(42)32-30-28-26-24-22-20-18-16-14-12-10-8-6-4-2/h16,18,38H,3-15,17,19-37,41H2,1-2H3,(H,44,45)/b18-16+/t38-/m1/s1. The summed E-state index contributed by atoms with van der Waals surface area (Å²) >= 11 is 0. The van der Waals surface area contributed by atoms with E-state index in [2.05, 4.69) is 26.0 Å². The van der Waals surface area contributed by atoms with E-state index < -0.39 is 26.5 Å². The first-order valence-corrected chi connectivity index (χ1v) is 22.2. The number of phosphoric acid groups is 1. The Balaban J connectivity index is 4.17. The first kappa shape index (κ1) is 48.8. The van der Waals surface area contributed by atoms with Gasteiger partial charge >= 0.3 is 19.8 Å². The second kappa shape index (κ2) is 37.5. The van der Waals surface area contributed by atoms with Crippen LogP contribution in [0.1, 0.15) is 200 Å². The van der Waals surface area contributed by atoms with E-state index in [4.69, 9.17) is 24.3 Å². The van der Waals surface area contributed by atoms with Crippen LogP contribution in [0.25, 0.3) is 0 Å². The maximum absolute atomic E-state index is 12.5. The summed E-state index contributed by atoms with van der Waals surface area (Å²) in [5, 5.41) is 0. The van der Waals surface area contributed by atoms with Gasteiger partial charge in [0.15, 0.2) is 6.10 Å². The Kier molecular flexibility index (Phi) is 36.6. The van der Waals surface area contributed by atoms with Crippen molar-refractivity contribution in [2.45, 2.75) is 206 Å². The Morgan fingerprint density at radius 3 is 1.42 bits per heavy atom. The van der Waals surface area contributed by atoms with Gasteiger partial charge in [-0.15, -0.1) is 0 Å². The van der Waals surface area contributed by atoms with Gasteiger partial charge in [-0.2, -0.15) is 0 Å². The van der Waals surface area contributed by atoms with Crippen LogP contribution in [-0.4, -0.2) is 49.3 Å². The molecule has 0 rings (SSSR count). The van der Waals surface area contributed by atoms with Crippen LogP contribution in [0.4, 0.5) is 0 Å². The van der Waals surface area contributed by atoms with E-state index in [0.717, 1.165) is 51.4 Å². The molecule has 0 aliphatic carbocycles. The molecular weight excluding hydrogens is 653 g/mol. The summed E-state index contributed by atoms with van der Waals surface area (Å²) in [4.78, 5) is 34.8. The molecular formula is C40H78NO8P. The minimum absolute atomic E-state index is 0.0551. The molecule has 0 fully saturated rings. The molecule has 0 radical (unpaired) electrons. The summed E-state index contributed by atoms with van der Waals surface area (Å²) in [5.74, 6) is -0.830. The topological polar surface area (TPSA) is 134 Å². The van der Waals surface area contributed by atoms with Crippen LogP contribution in [0.15, 0.2) is 12.2 Å². The molecule has 0 aromatic carbocycles. The second-order valence-corrected chi connectivity index (χ2v) is 15.3. The highest BCUT2D eigenvalue weighted by molar-refractivity contribution is 7.47. The third-order valence-electron chi connectivity index (χ3n) is 8.90. The molecule has 0 spiro atoms. The van der Waals surface area contributed by atoms with Gasteiger partial charge in [-0.05, 0) is 38.5 Å². The van der Waals surface area contributed by atoms with E-state index in [0.29, 0.717) is 6.42 Å². The van der Waals surface area contributed by atoms with Crippen LogP contribution in [0, 0.1) is 0 Å². The van der Waals surface area contributed by atoms with Crippen molar-refractivity contribution in [2.75, 3.05) is 26.4 Å². The fourth-order valence-electron chi connectivity index (χ4n) is 5.81. The largest absolute Gasteiger partial charge is 0.472 e. The number of phosphoric ester groups is 1. The highest BCUT2D eigenvalue weighted by atomic mass is 31.2. The van der Waals surface area contributed by atoms with Gasteiger partial charge in [0.25, 0.3) is 0 Å². The van der Waals surface area contributed by atoms with Crippen molar-refractivity contribution in [2.24, 2.45) is 5.73 Å². The van der Waals surface area contributed by atoms with E-state index in [1.165, 1.54) is 116 Å². The molecule has 9 nitrogen and oxygen atoms in total. The first-order chi connectivity index (χ1) is 24.3. The number of esters is 2. The molecule has 0 bridgehead atoms. The number of ether oxygens (including phenoxy) is 2. The quantitative estimate of drug-likeness (QED) is 0.0274. The lowest BCUT2D eigenvalue weighted by molar-refractivity contribution is -0.161. The molecule has 0 amide bonds. The molecule has 2 atom stereocenters. The van der Waals surface area contributed by atoms with Crippen molar-refractivity contribution in [1.29, 1.82) is 0 Å². The van der Waals surface area contributed by atoms with Crippen LogP contribution in [0.3, 0.4) is 0 Å². The van der Waals surface area contributed by atoms with Crippen LogP contribution in [-0.2, 0) is 32.7 Å². The average Bonchev–Trinajstić information content (AvgIpc) is 3.10. The Morgan fingerprint density at radius 1 is 0.580 bits per heavy atom. The smallest absolute Gasteiger partial charge is 0.462 e. The molecule has 0 saturated heterocycles. The highest BCUT2D eigenvalue weighted by Gasteiger charge is 2.26. The van der Waals surface area contributed by atoms with Crippen LogP contribution in [0.2, 0.25) is 0 Å². The molecule has 0 aliphatic heterocycles. The lowest BCUT2D eigenvalue weighted by Gasteiger charge is -2.19. The Hall–Kier alpha value is -1.25. The molecule has 0 aromatic rings. The van der Waals surface area contributed by atoms with E-state index in [1.54, 1.807) is 0 Å². The molecule has 3 N–H and O–H groups in total. The summed E-state index contributed by atoms with van der Waals surface area (Å²) in [6.45, 7) is 3.73. The van der Waals surface area contributed by atoms with Crippen molar-refractivity contribution in [3.05, 3.63) is 12.2 Å². The van der Waals surface area contributed by atoms with Gasteiger partial charge in [0.1, 0.15) is 6.61 Å². The maximum atomic E-state index is 12.5. The lowest BCUT2D eigenvalue weighted by atomic mass is 10.0. The normalized spacial score (nSPS) is 13.4. The minimum atomic E-state index is -4.37. The van der Waals surface area contributed by atoms with Crippen LogP contribution < -0.4 is 5.73 Å². The molecule has 50 heavy (non-hydrogen) atoms. The van der Waals surface area contributed by atoms with Crippen LogP contribution >= 0.6 is 7.82 Å². The number of carbonyl (C=O) groups is 2. The maximum Gasteiger partial charge on any atom is 0.472 e. The van der Waals surface area contributed by atoms with Crippen LogP contribution in [0.5, 0.6) is 0 Å². The molecule has 0 aromatic heterocycles. The molecule has 0 aliphatic rings. The van der Waals surface area contributed by atoms with E-state index >= 15 is 0 Å². The number of rotatable bonds is 39. The second-order valence-electron chi connectivity index (χ2n) is 13.9. The van der Waals surface area contributed by atoms with Crippen molar-refractivity contribution in [1.82, 2.24) is 0 Å². The molecule has 296 valence electrons. The van der Waals surface area contributed by atoms with Crippen molar-refractivity contribution in [3.8, 4) is 0 Å². The van der Waals surface area contributed by atoms with E-state index in [-0.39, 0.29) is 38.6 Å². The zero-order valence-corrected chi connectivity index (χ0v) is 33.3. The molecule has 0 saturated carbocycles. The van der Waals surface area contributed by atoms with Gasteiger partial charge in [0.05, 0.1) is 13.2 Å². The monoisotopic (exact) mass is 732 g/mol. The number of unbranched alkanes of at least 4 members (excludes halogenated alkanes) is 24. The summed E-state index contributed by atoms with van der Waals surface area (Å²) < 4.78 is 32.7. The van der Waals surface area contributed by atoms with Gasteiger partial charge in [0.2, 0.25) is 0 Å². The fourth-order valence-corrected chi connectivity index (χ4v) is 6.57. The predicted octanol–water partition coefficient (Wildman–Crippen LogP) is 11.4. The van der Waals surface area contributed by atoms with Crippen molar-refractivity contribution in [3.63, 3.8) is 0 Å². The Morgan fingerprint density at radius 2 is 0.980 bits per heavy atom. The van der Waals surface area contributed by atoms with Gasteiger partial charge in [-0.1, -0.05) is 161 Å². The minimum Gasteiger partial charge on any atom is -0.462 e. The first-order valence-electron chi connectivity index (χ1n) is 20.7. The summed E-state index contributed by atoms with van der Waals surface area (Å²) in [7, 11) is -4.37. The van der Waals surface area contributed by atoms with Gasteiger partial charge in [0, 0.05) is 19.4 Å². The SMILES string of the molecule is CCCCCCC/C=C/CCCCCCCC(=O)OC[C@H](COP(=O)(O)OCCN)OC(=O)CCCCCCCCCCCCCCCCC. The molecule has 10 heteroatoms. The van der Waals surface area contributed by atoms with Gasteiger partial charge in [-0.3, -0.25) is 18.6 Å². The molecule has 0 heterocycles. The predicted molar refractivity (Wildman–Crippen MR) is 206 cm³/mol. The zero-order valence-electron chi connectivity index (χ0n) is 32.4.